The van der Waals surface area contributed by atoms with Gasteiger partial charge in [0.1, 0.15) is 6.04 Å². The lowest BCUT2D eigenvalue weighted by Gasteiger charge is -2.23. The summed E-state index contributed by atoms with van der Waals surface area (Å²) < 4.78 is 27.5. The standard InChI is InChI=1S/C21H22N4O6S3/c26-19(12-15-4-2-1-3-5-15)22-23-20(27)18-13-21(32-10-11-33-21)14-24(18)34(30,31)17-8-6-16(7-9-17)25(28)29/h1-9,18H,10-14H2,(H,22,26)(H,23,27)/t18-/m0/s1. The maximum atomic E-state index is 13.4. The van der Waals surface area contributed by atoms with Crippen molar-refractivity contribution < 1.29 is 22.9 Å². The fraction of sp³-hybridized carbons (Fsp3) is 0.333. The van der Waals surface area contributed by atoms with Crippen LogP contribution in [0.2, 0.25) is 0 Å². The molecule has 1 atom stereocenters. The lowest BCUT2D eigenvalue weighted by Crippen LogP contribution is -2.51. The van der Waals surface area contributed by atoms with Crippen LogP contribution in [-0.2, 0) is 26.0 Å². The normalized spacial score (nSPS) is 19.7. The molecule has 2 aromatic carbocycles. The molecular formula is C21H22N4O6S3. The van der Waals surface area contributed by atoms with E-state index in [4.69, 9.17) is 0 Å². The summed E-state index contributed by atoms with van der Waals surface area (Å²) in [7, 11) is -4.12. The zero-order valence-electron chi connectivity index (χ0n) is 17.9. The van der Waals surface area contributed by atoms with Crippen molar-refractivity contribution in [2.24, 2.45) is 0 Å². The van der Waals surface area contributed by atoms with Crippen LogP contribution in [0.5, 0.6) is 0 Å². The van der Waals surface area contributed by atoms with Crippen molar-refractivity contribution in [3.05, 3.63) is 70.3 Å². The molecule has 0 radical (unpaired) electrons. The summed E-state index contributed by atoms with van der Waals surface area (Å²) in [5, 5.41) is 10.9. The molecule has 2 heterocycles. The Morgan fingerprint density at radius 1 is 1.06 bits per heavy atom. The first-order chi connectivity index (χ1) is 16.2. The van der Waals surface area contributed by atoms with Gasteiger partial charge in [-0.05, 0) is 24.1 Å². The highest BCUT2D eigenvalue weighted by Gasteiger charge is 2.53. The van der Waals surface area contributed by atoms with Gasteiger partial charge in [0.2, 0.25) is 15.9 Å². The van der Waals surface area contributed by atoms with Crippen LogP contribution in [0.15, 0.2) is 59.5 Å². The second kappa shape index (κ2) is 9.94. The summed E-state index contributed by atoms with van der Waals surface area (Å²) >= 11 is 3.24. The summed E-state index contributed by atoms with van der Waals surface area (Å²) in [5.41, 5.74) is 5.29. The fourth-order valence-electron chi connectivity index (χ4n) is 3.91. The van der Waals surface area contributed by atoms with E-state index in [1.165, 1.54) is 12.1 Å². The molecule has 2 aliphatic heterocycles. The molecule has 0 aliphatic carbocycles. The molecule has 10 nitrogen and oxygen atoms in total. The van der Waals surface area contributed by atoms with E-state index in [1.807, 2.05) is 6.07 Å². The molecule has 0 bridgehead atoms. The van der Waals surface area contributed by atoms with Gasteiger partial charge in [-0.3, -0.25) is 30.6 Å². The van der Waals surface area contributed by atoms with Crippen LogP contribution >= 0.6 is 23.5 Å². The van der Waals surface area contributed by atoms with E-state index < -0.39 is 36.9 Å². The van der Waals surface area contributed by atoms with Crippen molar-refractivity contribution in [1.29, 1.82) is 0 Å². The van der Waals surface area contributed by atoms with Gasteiger partial charge in [0.25, 0.3) is 11.6 Å². The molecule has 13 heteroatoms. The molecule has 180 valence electrons. The number of nitrogens with zero attached hydrogens (tertiary/aromatic N) is 2. The van der Waals surface area contributed by atoms with Crippen molar-refractivity contribution in [2.45, 2.75) is 27.9 Å². The van der Waals surface area contributed by atoms with Crippen molar-refractivity contribution in [2.75, 3.05) is 18.1 Å². The Morgan fingerprint density at radius 3 is 2.32 bits per heavy atom. The molecule has 34 heavy (non-hydrogen) atoms. The number of thioether (sulfide) groups is 2. The number of carbonyl (C=O) groups excluding carboxylic acids is 2. The van der Waals surface area contributed by atoms with Gasteiger partial charge >= 0.3 is 0 Å². The van der Waals surface area contributed by atoms with E-state index in [2.05, 4.69) is 10.9 Å². The summed E-state index contributed by atoms with van der Waals surface area (Å²) in [5.74, 6) is 0.634. The molecule has 2 N–H and O–H groups in total. The van der Waals surface area contributed by atoms with E-state index in [-0.39, 0.29) is 30.0 Å². The highest BCUT2D eigenvalue weighted by molar-refractivity contribution is 8.21. The number of non-ortho nitro benzene ring substituents is 1. The van der Waals surface area contributed by atoms with Crippen molar-refractivity contribution in [1.82, 2.24) is 15.2 Å². The fourth-order valence-corrected chi connectivity index (χ4v) is 8.97. The Labute approximate surface area is 205 Å². The van der Waals surface area contributed by atoms with Crippen LogP contribution in [0, 0.1) is 10.1 Å². The maximum Gasteiger partial charge on any atom is 0.269 e. The number of amides is 2. The van der Waals surface area contributed by atoms with Crippen LogP contribution in [0.4, 0.5) is 5.69 Å². The Morgan fingerprint density at radius 2 is 1.71 bits per heavy atom. The van der Waals surface area contributed by atoms with Crippen LogP contribution in [0.25, 0.3) is 0 Å². The third-order valence-corrected chi connectivity index (χ3v) is 10.8. The predicted molar refractivity (Wildman–Crippen MR) is 129 cm³/mol. The minimum Gasteiger partial charge on any atom is -0.273 e. The van der Waals surface area contributed by atoms with Crippen LogP contribution in [-0.4, -0.2) is 57.6 Å². The third-order valence-electron chi connectivity index (χ3n) is 5.55. The van der Waals surface area contributed by atoms with E-state index in [0.29, 0.717) is 0 Å². The Bertz CT molecular complexity index is 1180. The van der Waals surface area contributed by atoms with Gasteiger partial charge in [0.15, 0.2) is 0 Å². The minimum absolute atomic E-state index is 0.0617. The molecule has 2 aliphatic rings. The van der Waals surface area contributed by atoms with Crippen molar-refractivity contribution >= 4 is 51.0 Å². The van der Waals surface area contributed by atoms with Gasteiger partial charge in [0.05, 0.1) is 20.3 Å². The molecule has 2 fully saturated rings. The monoisotopic (exact) mass is 522 g/mol. The van der Waals surface area contributed by atoms with Crippen LogP contribution in [0.1, 0.15) is 12.0 Å². The van der Waals surface area contributed by atoms with Crippen LogP contribution < -0.4 is 10.9 Å². The maximum absolute atomic E-state index is 13.4. The van der Waals surface area contributed by atoms with Crippen LogP contribution in [0.3, 0.4) is 0 Å². The van der Waals surface area contributed by atoms with Gasteiger partial charge in [-0.2, -0.15) is 4.31 Å². The number of carbonyl (C=O) groups is 2. The summed E-state index contributed by atoms with van der Waals surface area (Å²) in [6, 6.07) is 12.6. The molecule has 0 unspecified atom stereocenters. The van der Waals surface area contributed by atoms with E-state index in [9.17, 15) is 28.1 Å². The average molecular weight is 523 g/mol. The molecule has 0 aromatic heterocycles. The average Bonchev–Trinajstić information content (AvgIpc) is 3.45. The number of nitro groups is 1. The number of hydrogen-bond acceptors (Lipinski definition) is 8. The Kier molecular flexibility index (Phi) is 7.17. The first-order valence-electron chi connectivity index (χ1n) is 10.4. The number of hydrogen-bond donors (Lipinski definition) is 2. The SMILES string of the molecule is O=C(Cc1ccccc1)NNC(=O)[C@@H]1CC2(CN1S(=O)(=O)c1ccc([N+](=O)[O-])cc1)SCCS2. The zero-order valence-corrected chi connectivity index (χ0v) is 20.3. The van der Waals surface area contributed by atoms with Crippen molar-refractivity contribution in [3.8, 4) is 0 Å². The Balaban J connectivity index is 1.51. The second-order valence-corrected chi connectivity index (χ2v) is 12.9. The van der Waals surface area contributed by atoms with Gasteiger partial charge < -0.3 is 0 Å². The molecular weight excluding hydrogens is 500 g/mol. The zero-order chi connectivity index (χ0) is 24.3. The van der Waals surface area contributed by atoms with Crippen molar-refractivity contribution in [3.63, 3.8) is 0 Å². The van der Waals surface area contributed by atoms with E-state index >= 15 is 0 Å². The number of nitrogens with one attached hydrogen (secondary N) is 2. The molecule has 1 spiro atoms. The van der Waals surface area contributed by atoms with E-state index in [0.717, 1.165) is 33.5 Å². The third kappa shape index (κ3) is 5.22. The van der Waals surface area contributed by atoms with Gasteiger partial charge in [-0.25, -0.2) is 8.42 Å². The van der Waals surface area contributed by atoms with E-state index in [1.54, 1.807) is 47.8 Å². The molecule has 0 saturated carbocycles. The Hall–Kier alpha value is -2.61. The van der Waals surface area contributed by atoms with Gasteiger partial charge in [-0.1, -0.05) is 30.3 Å². The predicted octanol–water partition coefficient (Wildman–Crippen LogP) is 1.92. The highest BCUT2D eigenvalue weighted by Crippen LogP contribution is 2.52. The lowest BCUT2D eigenvalue weighted by atomic mass is 10.1. The summed E-state index contributed by atoms with van der Waals surface area (Å²) in [6.45, 7) is 0.123. The smallest absolute Gasteiger partial charge is 0.269 e. The first-order valence-corrected chi connectivity index (χ1v) is 13.8. The molecule has 2 saturated heterocycles. The molecule has 2 aromatic rings. The van der Waals surface area contributed by atoms with Gasteiger partial charge in [-0.15, -0.1) is 23.5 Å². The lowest BCUT2D eigenvalue weighted by molar-refractivity contribution is -0.384. The molecule has 4 rings (SSSR count). The largest absolute Gasteiger partial charge is 0.273 e. The highest BCUT2D eigenvalue weighted by atomic mass is 32.2. The summed E-state index contributed by atoms with van der Waals surface area (Å²) in [6.07, 6.45) is 0.348. The minimum atomic E-state index is -4.12. The second-order valence-electron chi connectivity index (χ2n) is 7.83. The number of benzene rings is 2. The number of sulfonamides is 1. The number of rotatable bonds is 6. The quantitative estimate of drug-likeness (QED) is 0.433. The number of hydrazine groups is 1. The number of nitro benzene ring substituents is 1. The first kappa shape index (κ1) is 24.5. The van der Waals surface area contributed by atoms with Gasteiger partial charge in [0, 0.05) is 30.2 Å². The summed E-state index contributed by atoms with van der Waals surface area (Å²) in [4.78, 5) is 35.5. The molecule has 2 amide bonds. The topological polar surface area (TPSA) is 139 Å².